The summed E-state index contributed by atoms with van der Waals surface area (Å²) in [5.74, 6) is 0. The first-order valence-electron chi connectivity index (χ1n) is 4.92. The van der Waals surface area contributed by atoms with Gasteiger partial charge in [0, 0.05) is 0 Å². The number of allylic oxidation sites excluding steroid dienone is 1. The monoisotopic (exact) mass is 170 g/mol. The molecule has 0 saturated heterocycles. The van der Waals surface area contributed by atoms with E-state index in [4.69, 9.17) is 0 Å². The second kappa shape index (κ2) is 4.36. The molecule has 0 spiro atoms. The second-order valence-corrected chi connectivity index (χ2v) is 3.43. The van der Waals surface area contributed by atoms with Crippen molar-refractivity contribution < 1.29 is 0 Å². The number of benzene rings is 1. The van der Waals surface area contributed by atoms with E-state index >= 15 is 0 Å². The Labute approximate surface area is 82.7 Å². The Morgan fingerprint density at radius 3 is 2.54 bits per heavy atom. The Kier molecular flexibility index (Phi) is 3.41. The van der Waals surface area contributed by atoms with Crippen LogP contribution in [0.4, 0.5) is 0 Å². The van der Waals surface area contributed by atoms with Crippen LogP contribution < -0.4 is 5.46 Å². The van der Waals surface area contributed by atoms with Crippen LogP contribution in [0.5, 0.6) is 0 Å². The van der Waals surface area contributed by atoms with Crippen molar-refractivity contribution in [3.63, 3.8) is 0 Å². The Hall–Kier alpha value is -0.910. The van der Waals surface area contributed by atoms with E-state index in [1.54, 1.807) is 0 Å². The lowest BCUT2D eigenvalue weighted by molar-refractivity contribution is 1.36. The fourth-order valence-corrected chi connectivity index (χ4v) is 1.70. The van der Waals surface area contributed by atoms with Gasteiger partial charge in [-0.2, -0.15) is 0 Å². The molecule has 0 saturated carbocycles. The maximum absolute atomic E-state index is 2.22. The van der Waals surface area contributed by atoms with Crippen molar-refractivity contribution in [2.24, 2.45) is 0 Å². The Balaban J connectivity index is 3.29. The summed E-state index contributed by atoms with van der Waals surface area (Å²) < 4.78 is 0. The van der Waals surface area contributed by atoms with Gasteiger partial charge in [0.25, 0.3) is 0 Å². The van der Waals surface area contributed by atoms with Gasteiger partial charge >= 0.3 is 0 Å². The Morgan fingerprint density at radius 1 is 1.31 bits per heavy atom. The molecule has 0 radical (unpaired) electrons. The van der Waals surface area contributed by atoms with Crippen molar-refractivity contribution in [1.82, 2.24) is 0 Å². The third-order valence-electron chi connectivity index (χ3n) is 2.61. The minimum atomic E-state index is 1.12. The summed E-state index contributed by atoms with van der Waals surface area (Å²) >= 11 is 0. The molecule has 1 rings (SSSR count). The topological polar surface area (TPSA) is 0 Å². The molecular formula is C11H16B2. The van der Waals surface area contributed by atoms with Crippen LogP contribution in [0.25, 0.3) is 6.08 Å². The standard InChI is InChI=1S/C11H16B2/c1-4-5-10-7-6-8(2)9(3)11(10)13-12/h4-7,13H,12H2,1-3H3/b5-4+. The van der Waals surface area contributed by atoms with Gasteiger partial charge in [-0.3, -0.25) is 0 Å². The molecule has 0 nitrogen and oxygen atoms in total. The molecule has 1 aromatic rings. The summed E-state index contributed by atoms with van der Waals surface area (Å²) in [6, 6.07) is 4.41. The van der Waals surface area contributed by atoms with Crippen LogP contribution >= 0.6 is 0 Å². The van der Waals surface area contributed by atoms with Gasteiger partial charge < -0.3 is 0 Å². The van der Waals surface area contributed by atoms with Crippen LogP contribution in [0.3, 0.4) is 0 Å². The zero-order chi connectivity index (χ0) is 9.84. The molecule has 0 unspecified atom stereocenters. The van der Waals surface area contributed by atoms with E-state index in [9.17, 15) is 0 Å². The van der Waals surface area contributed by atoms with Gasteiger partial charge in [0.05, 0.1) is 7.74 Å². The van der Waals surface area contributed by atoms with E-state index in [0.29, 0.717) is 0 Å². The summed E-state index contributed by atoms with van der Waals surface area (Å²) in [5, 5.41) is 0. The van der Waals surface area contributed by atoms with E-state index in [1.165, 1.54) is 22.2 Å². The predicted octanol–water partition coefficient (Wildman–Crippen LogP) is 0.946. The quantitative estimate of drug-likeness (QED) is 0.579. The first kappa shape index (κ1) is 10.2. The highest BCUT2D eigenvalue weighted by molar-refractivity contribution is 6.98. The number of hydrogen-bond donors (Lipinski definition) is 0. The summed E-state index contributed by atoms with van der Waals surface area (Å²) in [6.45, 7) is 6.45. The molecule has 0 aliphatic heterocycles. The lowest BCUT2D eigenvalue weighted by atomic mass is 9.49. The molecule has 0 aliphatic carbocycles. The highest BCUT2D eigenvalue weighted by Gasteiger charge is 2.03. The largest absolute Gasteiger partial charge is 0.120 e. The third kappa shape index (κ3) is 2.06. The fourth-order valence-electron chi connectivity index (χ4n) is 1.70. The second-order valence-electron chi connectivity index (χ2n) is 3.43. The molecule has 0 atom stereocenters. The maximum atomic E-state index is 2.22. The summed E-state index contributed by atoms with van der Waals surface area (Å²) in [6.07, 6.45) is 4.29. The average Bonchev–Trinajstić information content (AvgIpc) is 2.12. The lowest BCUT2D eigenvalue weighted by Crippen LogP contribution is -2.22. The van der Waals surface area contributed by atoms with Crippen molar-refractivity contribution in [2.75, 3.05) is 0 Å². The van der Waals surface area contributed by atoms with Gasteiger partial charge in [-0.15, -0.1) is 0 Å². The first-order valence-corrected chi connectivity index (χ1v) is 4.92. The van der Waals surface area contributed by atoms with Gasteiger partial charge in [0.15, 0.2) is 0 Å². The van der Waals surface area contributed by atoms with Gasteiger partial charge in [-0.1, -0.05) is 35.3 Å². The SMILES string of the molecule is BBc1c(/C=C/C)ccc(C)c1C. The van der Waals surface area contributed by atoms with Crippen LogP contribution in [0.1, 0.15) is 23.6 Å². The zero-order valence-electron chi connectivity index (χ0n) is 9.02. The normalized spacial score (nSPS) is 10.7. The summed E-state index contributed by atoms with van der Waals surface area (Å²) in [4.78, 5) is 0. The van der Waals surface area contributed by atoms with Gasteiger partial charge in [0.2, 0.25) is 0 Å². The van der Waals surface area contributed by atoms with Gasteiger partial charge in [-0.05, 0) is 31.9 Å². The van der Waals surface area contributed by atoms with Gasteiger partial charge in [0.1, 0.15) is 7.17 Å². The van der Waals surface area contributed by atoms with Crippen LogP contribution in [0.15, 0.2) is 18.2 Å². The van der Waals surface area contributed by atoms with E-state index in [1.807, 2.05) is 0 Å². The van der Waals surface area contributed by atoms with Crippen LogP contribution in [0.2, 0.25) is 0 Å². The van der Waals surface area contributed by atoms with Crippen LogP contribution in [-0.4, -0.2) is 14.9 Å². The van der Waals surface area contributed by atoms with E-state index in [0.717, 1.165) is 7.17 Å². The third-order valence-corrected chi connectivity index (χ3v) is 2.61. The highest BCUT2D eigenvalue weighted by Crippen LogP contribution is 2.08. The molecular weight excluding hydrogens is 154 g/mol. The Bertz CT molecular complexity index is 327. The number of rotatable bonds is 2. The average molecular weight is 170 g/mol. The highest BCUT2D eigenvalue weighted by atomic mass is 14.0. The Morgan fingerprint density at radius 2 is 2.00 bits per heavy atom. The molecule has 0 fully saturated rings. The molecule has 0 aliphatic rings. The van der Waals surface area contributed by atoms with E-state index < -0.39 is 0 Å². The van der Waals surface area contributed by atoms with Crippen molar-refractivity contribution >= 4 is 26.4 Å². The number of hydrogen-bond acceptors (Lipinski definition) is 0. The molecule has 0 N–H and O–H groups in total. The van der Waals surface area contributed by atoms with E-state index in [2.05, 4.69) is 52.8 Å². The molecule has 1 aromatic carbocycles. The maximum Gasteiger partial charge on any atom is 0.120 e. The molecule has 2 heteroatoms. The smallest absolute Gasteiger partial charge is 0.0871 e. The van der Waals surface area contributed by atoms with Gasteiger partial charge in [-0.25, -0.2) is 0 Å². The summed E-state index contributed by atoms with van der Waals surface area (Å²) in [7, 11) is 3.34. The first-order chi connectivity index (χ1) is 6.20. The lowest BCUT2D eigenvalue weighted by Gasteiger charge is -2.10. The molecule has 0 aromatic heterocycles. The van der Waals surface area contributed by atoms with Crippen LogP contribution in [0, 0.1) is 13.8 Å². The molecule has 0 heterocycles. The molecule has 66 valence electrons. The number of aryl methyl sites for hydroxylation is 1. The minimum absolute atomic E-state index is 1.12. The molecule has 0 amide bonds. The zero-order valence-corrected chi connectivity index (χ0v) is 9.02. The summed E-state index contributed by atoms with van der Waals surface area (Å²) in [5.41, 5.74) is 5.69. The van der Waals surface area contributed by atoms with Crippen molar-refractivity contribution in [2.45, 2.75) is 20.8 Å². The van der Waals surface area contributed by atoms with Crippen molar-refractivity contribution in [1.29, 1.82) is 0 Å². The van der Waals surface area contributed by atoms with E-state index in [-0.39, 0.29) is 0 Å². The van der Waals surface area contributed by atoms with Crippen molar-refractivity contribution in [3.8, 4) is 0 Å². The molecule has 13 heavy (non-hydrogen) atoms. The minimum Gasteiger partial charge on any atom is -0.0871 e. The molecule has 0 bridgehead atoms. The van der Waals surface area contributed by atoms with Crippen molar-refractivity contribution in [3.05, 3.63) is 34.9 Å². The fraction of sp³-hybridized carbons (Fsp3) is 0.273. The predicted molar refractivity (Wildman–Crippen MR) is 66.0 cm³/mol. The van der Waals surface area contributed by atoms with Crippen LogP contribution in [-0.2, 0) is 0 Å².